The van der Waals surface area contributed by atoms with Gasteiger partial charge in [-0.15, -0.1) is 0 Å². The summed E-state index contributed by atoms with van der Waals surface area (Å²) < 4.78 is 14.4. The molecule has 0 amide bonds. The number of halogens is 2. The number of hydrogen-bond donors (Lipinski definition) is 1. The maximum atomic E-state index is 14.4. The molecule has 118 valence electrons. The highest BCUT2D eigenvalue weighted by molar-refractivity contribution is 6.30. The smallest absolute Gasteiger partial charge is 0.128 e. The second-order valence-corrected chi connectivity index (χ2v) is 6.40. The number of likely N-dealkylation sites (tertiary alicyclic amines) is 1. The van der Waals surface area contributed by atoms with Crippen LogP contribution in [-0.2, 0) is 0 Å². The summed E-state index contributed by atoms with van der Waals surface area (Å²) in [4.78, 5) is 2.45. The molecule has 0 radical (unpaired) electrons. The molecule has 4 heteroatoms. The summed E-state index contributed by atoms with van der Waals surface area (Å²) in [5.41, 5.74) is 0.762. The van der Waals surface area contributed by atoms with Gasteiger partial charge in [0.05, 0.1) is 0 Å². The predicted octanol–water partition coefficient (Wildman–Crippen LogP) is 4.25. The molecule has 1 aromatic rings. The van der Waals surface area contributed by atoms with Crippen LogP contribution in [0, 0.1) is 11.7 Å². The standard InChI is InChI=1S/C17H26ClFN2/c1-3-9-21-10-5-4-6-13(12-20-2)17(21)15-11-14(18)7-8-16(15)19/h7-8,11,13,17,20H,3-6,9-10,12H2,1-2H3. The summed E-state index contributed by atoms with van der Waals surface area (Å²) in [6, 6.07) is 5.08. The number of hydrogen-bond acceptors (Lipinski definition) is 2. The molecule has 1 aliphatic rings. The Hall–Kier alpha value is -0.640. The first kappa shape index (κ1) is 16.7. The minimum atomic E-state index is -0.131. The van der Waals surface area contributed by atoms with Crippen LogP contribution in [0.15, 0.2) is 18.2 Å². The van der Waals surface area contributed by atoms with Crippen LogP contribution in [0.4, 0.5) is 4.39 Å². The van der Waals surface area contributed by atoms with Gasteiger partial charge in [0.15, 0.2) is 0 Å². The summed E-state index contributed by atoms with van der Waals surface area (Å²) in [5.74, 6) is 0.297. The topological polar surface area (TPSA) is 15.3 Å². The van der Waals surface area contributed by atoms with E-state index in [2.05, 4.69) is 17.1 Å². The second kappa shape index (κ2) is 8.11. The summed E-state index contributed by atoms with van der Waals surface area (Å²) in [7, 11) is 1.97. The molecular formula is C17H26ClFN2. The highest BCUT2D eigenvalue weighted by Gasteiger charge is 2.32. The van der Waals surface area contributed by atoms with E-state index < -0.39 is 0 Å². The Morgan fingerprint density at radius 3 is 2.90 bits per heavy atom. The average molecular weight is 313 g/mol. The lowest BCUT2D eigenvalue weighted by Gasteiger charge is -2.35. The van der Waals surface area contributed by atoms with Crippen LogP contribution < -0.4 is 5.32 Å². The first-order valence-corrected chi connectivity index (χ1v) is 8.38. The van der Waals surface area contributed by atoms with Crippen LogP contribution in [0.1, 0.15) is 44.2 Å². The van der Waals surface area contributed by atoms with Gasteiger partial charge in [0.1, 0.15) is 5.82 Å². The van der Waals surface area contributed by atoms with Gasteiger partial charge >= 0.3 is 0 Å². The molecule has 1 fully saturated rings. The Morgan fingerprint density at radius 1 is 1.38 bits per heavy atom. The Morgan fingerprint density at radius 2 is 2.19 bits per heavy atom. The summed E-state index contributed by atoms with van der Waals surface area (Å²) in [5, 5.41) is 3.90. The Balaban J connectivity index is 2.39. The van der Waals surface area contributed by atoms with Gasteiger partial charge < -0.3 is 5.32 Å². The first-order valence-electron chi connectivity index (χ1n) is 8.01. The van der Waals surface area contributed by atoms with Crippen molar-refractivity contribution in [3.8, 4) is 0 Å². The van der Waals surface area contributed by atoms with E-state index in [-0.39, 0.29) is 11.9 Å². The van der Waals surface area contributed by atoms with E-state index in [1.807, 2.05) is 13.1 Å². The molecule has 0 aliphatic carbocycles. The zero-order chi connectivity index (χ0) is 15.2. The van der Waals surface area contributed by atoms with Crippen molar-refractivity contribution in [2.75, 3.05) is 26.7 Å². The van der Waals surface area contributed by atoms with E-state index in [1.165, 1.54) is 18.9 Å². The van der Waals surface area contributed by atoms with Crippen molar-refractivity contribution >= 4 is 11.6 Å². The minimum absolute atomic E-state index is 0.124. The van der Waals surface area contributed by atoms with Crippen molar-refractivity contribution in [2.24, 2.45) is 5.92 Å². The van der Waals surface area contributed by atoms with E-state index in [9.17, 15) is 4.39 Å². The van der Waals surface area contributed by atoms with E-state index >= 15 is 0 Å². The van der Waals surface area contributed by atoms with Gasteiger partial charge in [0.25, 0.3) is 0 Å². The molecule has 1 heterocycles. The fraction of sp³-hybridized carbons (Fsp3) is 0.647. The molecule has 1 aliphatic heterocycles. The van der Waals surface area contributed by atoms with Gasteiger partial charge in [0, 0.05) is 16.6 Å². The minimum Gasteiger partial charge on any atom is -0.319 e. The van der Waals surface area contributed by atoms with E-state index in [0.29, 0.717) is 10.9 Å². The molecule has 0 aromatic heterocycles. The number of nitrogens with zero attached hydrogens (tertiary/aromatic N) is 1. The fourth-order valence-electron chi connectivity index (χ4n) is 3.52. The first-order chi connectivity index (χ1) is 10.2. The molecule has 2 rings (SSSR count). The molecule has 1 aromatic carbocycles. The monoisotopic (exact) mass is 312 g/mol. The van der Waals surface area contributed by atoms with Crippen LogP contribution >= 0.6 is 11.6 Å². The normalized spacial score (nSPS) is 24.0. The SMILES string of the molecule is CCCN1CCCCC(CNC)C1c1cc(Cl)ccc1F. The van der Waals surface area contributed by atoms with Crippen molar-refractivity contribution < 1.29 is 4.39 Å². The lowest BCUT2D eigenvalue weighted by molar-refractivity contribution is 0.151. The molecule has 2 atom stereocenters. The number of benzene rings is 1. The second-order valence-electron chi connectivity index (χ2n) is 5.96. The van der Waals surface area contributed by atoms with Gasteiger partial charge in [-0.3, -0.25) is 4.90 Å². The van der Waals surface area contributed by atoms with E-state index in [4.69, 9.17) is 11.6 Å². The van der Waals surface area contributed by atoms with Crippen LogP contribution in [0.5, 0.6) is 0 Å². The largest absolute Gasteiger partial charge is 0.319 e. The maximum Gasteiger partial charge on any atom is 0.128 e. The van der Waals surface area contributed by atoms with Crippen molar-refractivity contribution in [3.05, 3.63) is 34.6 Å². The quantitative estimate of drug-likeness (QED) is 0.874. The zero-order valence-corrected chi connectivity index (χ0v) is 13.8. The summed E-state index contributed by atoms with van der Waals surface area (Å²) in [6.45, 7) is 5.15. The Bertz CT molecular complexity index is 436. The van der Waals surface area contributed by atoms with Gasteiger partial charge in [-0.2, -0.15) is 0 Å². The molecule has 0 saturated carbocycles. The van der Waals surface area contributed by atoms with E-state index in [1.54, 1.807) is 6.07 Å². The molecule has 0 spiro atoms. The van der Waals surface area contributed by atoms with Gasteiger partial charge in [-0.25, -0.2) is 4.39 Å². The predicted molar refractivity (Wildman–Crippen MR) is 87.3 cm³/mol. The maximum absolute atomic E-state index is 14.4. The van der Waals surface area contributed by atoms with E-state index in [0.717, 1.165) is 38.0 Å². The lowest BCUT2D eigenvalue weighted by atomic mass is 9.88. The van der Waals surface area contributed by atoms with Crippen LogP contribution in [0.2, 0.25) is 5.02 Å². The third-order valence-electron chi connectivity index (χ3n) is 4.36. The fourth-order valence-corrected chi connectivity index (χ4v) is 3.70. The third-order valence-corrected chi connectivity index (χ3v) is 4.60. The molecule has 2 nitrogen and oxygen atoms in total. The van der Waals surface area contributed by atoms with Crippen molar-refractivity contribution in [3.63, 3.8) is 0 Å². The molecule has 21 heavy (non-hydrogen) atoms. The highest BCUT2D eigenvalue weighted by Crippen LogP contribution is 2.37. The van der Waals surface area contributed by atoms with Crippen molar-refractivity contribution in [1.82, 2.24) is 10.2 Å². The van der Waals surface area contributed by atoms with Crippen LogP contribution in [0.3, 0.4) is 0 Å². The number of nitrogens with one attached hydrogen (secondary N) is 1. The van der Waals surface area contributed by atoms with Crippen molar-refractivity contribution in [2.45, 2.75) is 38.6 Å². The Labute approximate surface area is 132 Å². The summed E-state index contributed by atoms with van der Waals surface area (Å²) >= 11 is 6.13. The lowest BCUT2D eigenvalue weighted by Crippen LogP contribution is -2.37. The van der Waals surface area contributed by atoms with Crippen molar-refractivity contribution in [1.29, 1.82) is 0 Å². The highest BCUT2D eigenvalue weighted by atomic mass is 35.5. The number of rotatable bonds is 5. The van der Waals surface area contributed by atoms with Gasteiger partial charge in [0.2, 0.25) is 0 Å². The van der Waals surface area contributed by atoms with Gasteiger partial charge in [-0.05, 0) is 70.1 Å². The Kier molecular flexibility index (Phi) is 6.46. The molecule has 1 saturated heterocycles. The molecular weight excluding hydrogens is 287 g/mol. The average Bonchev–Trinajstić information content (AvgIpc) is 2.65. The summed E-state index contributed by atoms with van der Waals surface area (Å²) in [6.07, 6.45) is 4.63. The molecule has 0 bridgehead atoms. The van der Waals surface area contributed by atoms with Crippen LogP contribution in [-0.4, -0.2) is 31.6 Å². The zero-order valence-electron chi connectivity index (χ0n) is 13.0. The van der Waals surface area contributed by atoms with Crippen LogP contribution in [0.25, 0.3) is 0 Å². The molecule has 2 unspecified atom stereocenters. The third kappa shape index (κ3) is 4.18. The van der Waals surface area contributed by atoms with Gasteiger partial charge in [-0.1, -0.05) is 24.9 Å². The molecule has 1 N–H and O–H groups in total.